The van der Waals surface area contributed by atoms with E-state index in [2.05, 4.69) is 71.9 Å². The van der Waals surface area contributed by atoms with Crippen LogP contribution >= 0.6 is 0 Å². The first kappa shape index (κ1) is 13.9. The zero-order chi connectivity index (χ0) is 15.0. The summed E-state index contributed by atoms with van der Waals surface area (Å²) >= 11 is 0. The molecule has 2 fully saturated rings. The van der Waals surface area contributed by atoms with E-state index in [0.29, 0.717) is 11.7 Å². The highest BCUT2D eigenvalue weighted by molar-refractivity contribution is 5.97. The number of hydrogen-bond acceptors (Lipinski definition) is 1. The summed E-state index contributed by atoms with van der Waals surface area (Å²) in [6, 6.07) is 10.7. The molecular formula is C19H26O. The fraction of sp³-hybridized carbons (Fsp3) is 0.632. The highest BCUT2D eigenvalue weighted by Crippen LogP contribution is 2.78. The quantitative estimate of drug-likeness (QED) is 0.728. The number of rotatable bonds is 1. The molecule has 1 aromatic carbocycles. The first-order valence-corrected chi connectivity index (χ1v) is 7.74. The zero-order valence-electron chi connectivity index (χ0n) is 13.6. The number of benzene rings is 1. The predicted octanol–water partition coefficient (Wildman–Crippen LogP) is 4.61. The van der Waals surface area contributed by atoms with Gasteiger partial charge in [0.2, 0.25) is 0 Å². The molecule has 0 spiro atoms. The Morgan fingerprint density at radius 3 is 2.05 bits per heavy atom. The molecule has 1 aromatic rings. The van der Waals surface area contributed by atoms with Crippen molar-refractivity contribution in [2.45, 2.75) is 53.4 Å². The lowest BCUT2D eigenvalue weighted by atomic mass is 9.52. The molecule has 2 saturated carbocycles. The molecule has 108 valence electrons. The van der Waals surface area contributed by atoms with Gasteiger partial charge in [-0.1, -0.05) is 71.9 Å². The van der Waals surface area contributed by atoms with E-state index in [1.807, 2.05) is 0 Å². The van der Waals surface area contributed by atoms with Crippen LogP contribution in [0.4, 0.5) is 0 Å². The van der Waals surface area contributed by atoms with Crippen molar-refractivity contribution in [2.24, 2.45) is 22.2 Å². The van der Waals surface area contributed by atoms with Gasteiger partial charge in [-0.3, -0.25) is 4.79 Å². The fourth-order valence-corrected chi connectivity index (χ4v) is 6.42. The Balaban J connectivity index is 2.39. The molecule has 2 aliphatic carbocycles. The monoisotopic (exact) mass is 270 g/mol. The summed E-state index contributed by atoms with van der Waals surface area (Å²) in [5.74, 6) is 0.981. The predicted molar refractivity (Wildman–Crippen MR) is 82.6 cm³/mol. The molecule has 3 unspecified atom stereocenters. The van der Waals surface area contributed by atoms with Crippen LogP contribution in [0.3, 0.4) is 0 Å². The molecule has 0 amide bonds. The van der Waals surface area contributed by atoms with Crippen LogP contribution < -0.4 is 0 Å². The molecule has 2 bridgehead atoms. The second kappa shape index (κ2) is 3.55. The largest absolute Gasteiger partial charge is 0.298 e. The lowest BCUT2D eigenvalue weighted by Crippen LogP contribution is -2.51. The third-order valence-electron chi connectivity index (χ3n) is 7.10. The smallest absolute Gasteiger partial charge is 0.145 e. The van der Waals surface area contributed by atoms with Gasteiger partial charge in [-0.25, -0.2) is 0 Å². The van der Waals surface area contributed by atoms with Gasteiger partial charge in [-0.2, -0.15) is 0 Å². The van der Waals surface area contributed by atoms with Crippen LogP contribution in [0.1, 0.15) is 53.5 Å². The number of ketones is 1. The summed E-state index contributed by atoms with van der Waals surface area (Å²) < 4.78 is 0. The molecule has 0 N–H and O–H groups in total. The summed E-state index contributed by atoms with van der Waals surface area (Å²) in [6.45, 7) is 13.5. The SMILES string of the molecule is CC1CC2(C)C(=O)C(C)(C)C1(c1ccccc1)C2(C)C. The van der Waals surface area contributed by atoms with E-state index in [-0.39, 0.29) is 21.7 Å². The number of Topliss-reactive ketones (excluding diaryl/α,β-unsaturated/α-hetero) is 1. The molecule has 1 nitrogen and oxygen atoms in total. The first-order chi connectivity index (χ1) is 9.14. The highest BCUT2D eigenvalue weighted by Gasteiger charge is 2.80. The number of carbonyl (C=O) groups is 1. The van der Waals surface area contributed by atoms with Gasteiger partial charge in [0.05, 0.1) is 0 Å². The Morgan fingerprint density at radius 2 is 1.55 bits per heavy atom. The van der Waals surface area contributed by atoms with Crippen molar-refractivity contribution in [1.82, 2.24) is 0 Å². The van der Waals surface area contributed by atoms with Crippen LogP contribution in [0.2, 0.25) is 0 Å². The molecule has 0 heterocycles. The maximum Gasteiger partial charge on any atom is 0.145 e. The molecule has 0 saturated heterocycles. The van der Waals surface area contributed by atoms with Crippen LogP contribution in [0.25, 0.3) is 0 Å². The fourth-order valence-electron chi connectivity index (χ4n) is 6.42. The van der Waals surface area contributed by atoms with Crippen molar-refractivity contribution in [3.63, 3.8) is 0 Å². The molecule has 0 aromatic heterocycles. The minimum atomic E-state index is -0.301. The van der Waals surface area contributed by atoms with Crippen LogP contribution in [0, 0.1) is 22.2 Å². The van der Waals surface area contributed by atoms with Crippen molar-refractivity contribution in [2.75, 3.05) is 0 Å². The van der Waals surface area contributed by atoms with Crippen molar-refractivity contribution in [1.29, 1.82) is 0 Å². The topological polar surface area (TPSA) is 17.1 Å². The van der Waals surface area contributed by atoms with Crippen molar-refractivity contribution in [3.05, 3.63) is 35.9 Å². The zero-order valence-corrected chi connectivity index (χ0v) is 13.6. The number of hydrogen-bond donors (Lipinski definition) is 0. The van der Waals surface area contributed by atoms with E-state index in [0.717, 1.165) is 6.42 Å². The molecule has 3 rings (SSSR count). The second-order valence-corrected chi connectivity index (χ2v) is 8.19. The third kappa shape index (κ3) is 1.08. The highest BCUT2D eigenvalue weighted by atomic mass is 16.1. The van der Waals surface area contributed by atoms with E-state index < -0.39 is 0 Å². The standard InChI is InChI=1S/C19H26O/c1-13-12-18(6)15(20)16(2,3)19(13,17(18,4)5)14-10-8-7-9-11-14/h7-11,13H,12H2,1-6H3. The van der Waals surface area contributed by atoms with Gasteiger partial charge in [0.25, 0.3) is 0 Å². The summed E-state index contributed by atoms with van der Waals surface area (Å²) in [7, 11) is 0. The number of fused-ring (bicyclic) bond motifs is 2. The van der Waals surface area contributed by atoms with E-state index in [1.54, 1.807) is 0 Å². The Morgan fingerprint density at radius 1 is 1.00 bits per heavy atom. The number of carbonyl (C=O) groups excluding carboxylic acids is 1. The maximum atomic E-state index is 13.1. The molecule has 1 heteroatoms. The van der Waals surface area contributed by atoms with Gasteiger partial charge in [0.15, 0.2) is 0 Å². The van der Waals surface area contributed by atoms with E-state index >= 15 is 0 Å². The summed E-state index contributed by atoms with van der Waals surface area (Å²) in [5, 5.41) is 0. The van der Waals surface area contributed by atoms with Gasteiger partial charge in [-0.05, 0) is 23.3 Å². The lowest BCUT2D eigenvalue weighted by molar-refractivity contribution is -0.137. The summed E-state index contributed by atoms with van der Waals surface area (Å²) in [4.78, 5) is 13.1. The average molecular weight is 270 g/mol. The molecule has 2 aliphatic rings. The second-order valence-electron chi connectivity index (χ2n) is 8.19. The molecule has 20 heavy (non-hydrogen) atoms. The van der Waals surface area contributed by atoms with E-state index in [9.17, 15) is 4.79 Å². The third-order valence-corrected chi connectivity index (χ3v) is 7.10. The van der Waals surface area contributed by atoms with Crippen LogP contribution in [0.15, 0.2) is 30.3 Å². The molecule has 0 radical (unpaired) electrons. The summed E-state index contributed by atoms with van der Waals surface area (Å²) in [6.07, 6.45) is 1.01. The van der Waals surface area contributed by atoms with Crippen LogP contribution in [0.5, 0.6) is 0 Å². The Hall–Kier alpha value is -1.11. The van der Waals surface area contributed by atoms with Gasteiger partial charge in [0, 0.05) is 16.2 Å². The van der Waals surface area contributed by atoms with Crippen LogP contribution in [-0.4, -0.2) is 5.78 Å². The van der Waals surface area contributed by atoms with E-state index in [1.165, 1.54) is 5.56 Å². The average Bonchev–Trinajstić information content (AvgIpc) is 2.58. The minimum Gasteiger partial charge on any atom is -0.298 e. The first-order valence-electron chi connectivity index (χ1n) is 7.74. The molecule has 0 aliphatic heterocycles. The van der Waals surface area contributed by atoms with Gasteiger partial charge < -0.3 is 0 Å². The minimum absolute atomic E-state index is 0.0125. The van der Waals surface area contributed by atoms with Crippen molar-refractivity contribution < 1.29 is 4.79 Å². The van der Waals surface area contributed by atoms with Crippen LogP contribution in [-0.2, 0) is 10.2 Å². The van der Waals surface area contributed by atoms with Gasteiger partial charge >= 0.3 is 0 Å². The Bertz CT molecular complexity index is 569. The lowest BCUT2D eigenvalue weighted by Gasteiger charge is -2.50. The molecule has 3 atom stereocenters. The Labute approximate surface area is 122 Å². The van der Waals surface area contributed by atoms with Crippen molar-refractivity contribution >= 4 is 5.78 Å². The maximum absolute atomic E-state index is 13.1. The van der Waals surface area contributed by atoms with E-state index in [4.69, 9.17) is 0 Å². The van der Waals surface area contributed by atoms with Crippen molar-refractivity contribution in [3.8, 4) is 0 Å². The van der Waals surface area contributed by atoms with Gasteiger partial charge in [-0.15, -0.1) is 0 Å². The normalized spacial score (nSPS) is 41.1. The molecular weight excluding hydrogens is 244 g/mol. The Kier molecular flexibility index (Phi) is 2.46. The van der Waals surface area contributed by atoms with Gasteiger partial charge in [0.1, 0.15) is 5.78 Å². The summed E-state index contributed by atoms with van der Waals surface area (Å²) in [5.41, 5.74) is 0.766.